The minimum Gasteiger partial charge on any atom is -0.302 e. The fraction of sp³-hybridized carbons (Fsp3) is 0.211. The number of nitrogens with one attached hydrogen (secondary N) is 1. The molecule has 4 aromatic rings. The second kappa shape index (κ2) is 7.33. The lowest BCUT2D eigenvalue weighted by Gasteiger charge is -2.12. The number of fused-ring (bicyclic) bond motifs is 2. The number of aryl methyl sites for hydroxylation is 1. The molecule has 1 atom stereocenters. The molecule has 1 aliphatic rings. The van der Waals surface area contributed by atoms with E-state index in [1.54, 1.807) is 16.7 Å². The summed E-state index contributed by atoms with van der Waals surface area (Å²) < 4.78 is 16.3. The van der Waals surface area contributed by atoms with Crippen molar-refractivity contribution in [3.8, 4) is 5.69 Å². The maximum atomic E-state index is 13.2. The summed E-state index contributed by atoms with van der Waals surface area (Å²) in [6, 6.07) is 5.51. The third kappa shape index (κ3) is 3.29. The molecule has 11 heteroatoms. The van der Waals surface area contributed by atoms with E-state index in [9.17, 15) is 14.0 Å². The van der Waals surface area contributed by atoms with Crippen LogP contribution in [0.2, 0.25) is 0 Å². The van der Waals surface area contributed by atoms with Crippen LogP contribution in [0.3, 0.4) is 0 Å². The van der Waals surface area contributed by atoms with Crippen molar-refractivity contribution in [3.63, 3.8) is 0 Å². The molecule has 4 heterocycles. The van der Waals surface area contributed by atoms with Crippen LogP contribution in [0.15, 0.2) is 45.8 Å². The molecule has 1 N–H and O–H groups in total. The van der Waals surface area contributed by atoms with Gasteiger partial charge in [-0.25, -0.2) is 19.0 Å². The average Bonchev–Trinajstić information content (AvgIpc) is 3.42. The topological polar surface area (TPSA) is 94.7 Å². The lowest BCUT2D eigenvalue weighted by atomic mass is 10.2. The SMILES string of the molecule is Cc1csc(NC(=O)C[C@H]2CSc3nc4c(cnn4-c4ccc(F)cc4)c(=O)n32)n1. The van der Waals surface area contributed by atoms with E-state index in [-0.39, 0.29) is 29.7 Å². The average molecular weight is 443 g/mol. The van der Waals surface area contributed by atoms with Gasteiger partial charge in [-0.15, -0.1) is 11.3 Å². The first-order valence-corrected chi connectivity index (χ1v) is 11.0. The van der Waals surface area contributed by atoms with E-state index in [2.05, 4.69) is 20.4 Å². The molecule has 1 aliphatic heterocycles. The summed E-state index contributed by atoms with van der Waals surface area (Å²) in [4.78, 5) is 34.4. The zero-order chi connectivity index (χ0) is 20.8. The predicted molar refractivity (Wildman–Crippen MR) is 113 cm³/mol. The molecule has 1 aromatic carbocycles. The van der Waals surface area contributed by atoms with Crippen molar-refractivity contribution in [2.24, 2.45) is 0 Å². The molecule has 0 aliphatic carbocycles. The van der Waals surface area contributed by atoms with Gasteiger partial charge in [0.05, 0.1) is 23.6 Å². The number of anilines is 1. The number of halogens is 1. The molecule has 152 valence electrons. The van der Waals surface area contributed by atoms with E-state index in [1.165, 1.54) is 46.1 Å². The molecule has 3 aromatic heterocycles. The summed E-state index contributed by atoms with van der Waals surface area (Å²) in [6.07, 6.45) is 1.61. The Morgan fingerprint density at radius 3 is 2.83 bits per heavy atom. The maximum Gasteiger partial charge on any atom is 0.265 e. The number of aromatic nitrogens is 5. The molecule has 0 bridgehead atoms. The lowest BCUT2D eigenvalue weighted by Crippen LogP contribution is -2.27. The van der Waals surface area contributed by atoms with Gasteiger partial charge in [-0.3, -0.25) is 14.2 Å². The van der Waals surface area contributed by atoms with Crippen LogP contribution in [0.5, 0.6) is 0 Å². The van der Waals surface area contributed by atoms with Gasteiger partial charge < -0.3 is 5.32 Å². The van der Waals surface area contributed by atoms with Crippen molar-refractivity contribution < 1.29 is 9.18 Å². The zero-order valence-corrected chi connectivity index (χ0v) is 17.3. The first kappa shape index (κ1) is 18.9. The summed E-state index contributed by atoms with van der Waals surface area (Å²) >= 11 is 2.79. The number of amides is 1. The molecule has 30 heavy (non-hydrogen) atoms. The lowest BCUT2D eigenvalue weighted by molar-refractivity contribution is -0.116. The number of carbonyl (C=O) groups excluding carboxylic acids is 1. The number of nitrogens with zero attached hydrogens (tertiary/aromatic N) is 5. The molecule has 0 saturated carbocycles. The van der Waals surface area contributed by atoms with Gasteiger partial charge >= 0.3 is 0 Å². The van der Waals surface area contributed by atoms with E-state index < -0.39 is 0 Å². The Kier molecular flexibility index (Phi) is 4.63. The molecular weight excluding hydrogens is 427 g/mol. The monoisotopic (exact) mass is 442 g/mol. The van der Waals surface area contributed by atoms with Crippen LogP contribution in [0.1, 0.15) is 18.2 Å². The minimum absolute atomic E-state index is 0.151. The Morgan fingerprint density at radius 1 is 1.30 bits per heavy atom. The van der Waals surface area contributed by atoms with E-state index in [4.69, 9.17) is 0 Å². The molecule has 0 spiro atoms. The minimum atomic E-state index is -0.353. The maximum absolute atomic E-state index is 13.2. The molecule has 5 rings (SSSR count). The molecule has 0 saturated heterocycles. The Hall–Kier alpha value is -3.05. The van der Waals surface area contributed by atoms with Crippen LogP contribution >= 0.6 is 23.1 Å². The number of rotatable bonds is 4. The molecule has 0 fully saturated rings. The highest BCUT2D eigenvalue weighted by Crippen LogP contribution is 2.33. The summed E-state index contributed by atoms with van der Waals surface area (Å²) in [5.74, 6) is 0.0221. The number of hydrogen-bond acceptors (Lipinski definition) is 7. The highest BCUT2D eigenvalue weighted by molar-refractivity contribution is 7.99. The summed E-state index contributed by atoms with van der Waals surface area (Å²) in [5, 5.41) is 10.3. The third-order valence-electron chi connectivity index (χ3n) is 4.73. The van der Waals surface area contributed by atoms with E-state index in [0.29, 0.717) is 32.8 Å². The van der Waals surface area contributed by atoms with Crippen LogP contribution in [0, 0.1) is 12.7 Å². The second-order valence-corrected chi connectivity index (χ2v) is 8.70. The number of thioether (sulfide) groups is 1. The molecule has 8 nitrogen and oxygen atoms in total. The molecule has 1 amide bonds. The fourth-order valence-corrected chi connectivity index (χ4v) is 5.18. The highest BCUT2D eigenvalue weighted by atomic mass is 32.2. The van der Waals surface area contributed by atoms with Gasteiger partial charge in [-0.05, 0) is 31.2 Å². The van der Waals surface area contributed by atoms with Crippen molar-refractivity contribution in [1.82, 2.24) is 24.3 Å². The Bertz CT molecular complexity index is 1330. The Balaban J connectivity index is 1.46. The van der Waals surface area contributed by atoms with Gasteiger partial charge in [-0.2, -0.15) is 5.10 Å². The number of carbonyl (C=O) groups is 1. The van der Waals surface area contributed by atoms with E-state index in [1.807, 2.05) is 12.3 Å². The summed E-state index contributed by atoms with van der Waals surface area (Å²) in [6.45, 7) is 1.86. The molecule has 0 radical (unpaired) electrons. The first-order valence-electron chi connectivity index (χ1n) is 9.10. The van der Waals surface area contributed by atoms with Crippen LogP contribution in [-0.4, -0.2) is 36.0 Å². The summed E-state index contributed by atoms with van der Waals surface area (Å²) in [5.41, 5.74) is 1.63. The van der Waals surface area contributed by atoms with Crippen molar-refractivity contribution in [2.45, 2.75) is 24.5 Å². The van der Waals surface area contributed by atoms with Crippen LogP contribution in [0.4, 0.5) is 9.52 Å². The van der Waals surface area contributed by atoms with Crippen LogP contribution in [-0.2, 0) is 4.79 Å². The van der Waals surface area contributed by atoms with Gasteiger partial charge in [0.2, 0.25) is 5.91 Å². The van der Waals surface area contributed by atoms with E-state index in [0.717, 1.165) is 5.69 Å². The Labute approximate surface area is 177 Å². The standard InChI is InChI=1S/C19H15FN6O2S2/c1-10-8-29-18(22-10)23-15(27)6-13-9-30-19-24-16-14(17(28)25(13)19)7-21-26(16)12-4-2-11(20)3-5-12/h2-5,7-8,13H,6,9H2,1H3,(H,22,23,27)/t13-/m0/s1. The van der Waals surface area contributed by atoms with Gasteiger partial charge in [0.25, 0.3) is 5.56 Å². The first-order chi connectivity index (χ1) is 14.5. The number of thiazole rings is 1. The van der Waals surface area contributed by atoms with Crippen molar-refractivity contribution >= 4 is 45.2 Å². The quantitative estimate of drug-likeness (QED) is 0.488. The van der Waals surface area contributed by atoms with Crippen molar-refractivity contribution in [3.05, 3.63) is 57.7 Å². The van der Waals surface area contributed by atoms with Crippen LogP contribution < -0.4 is 10.9 Å². The second-order valence-electron chi connectivity index (χ2n) is 6.85. The van der Waals surface area contributed by atoms with Crippen molar-refractivity contribution in [1.29, 1.82) is 0 Å². The van der Waals surface area contributed by atoms with Gasteiger partial charge in [-0.1, -0.05) is 11.8 Å². The predicted octanol–water partition coefficient (Wildman–Crippen LogP) is 3.16. The van der Waals surface area contributed by atoms with Gasteiger partial charge in [0, 0.05) is 17.6 Å². The largest absolute Gasteiger partial charge is 0.302 e. The number of benzene rings is 1. The number of hydrogen-bond donors (Lipinski definition) is 1. The zero-order valence-electron chi connectivity index (χ0n) is 15.7. The van der Waals surface area contributed by atoms with Gasteiger partial charge in [0.1, 0.15) is 11.2 Å². The molecular formula is C19H15FN6O2S2. The fourth-order valence-electron chi connectivity index (χ4n) is 3.35. The van der Waals surface area contributed by atoms with Crippen molar-refractivity contribution in [2.75, 3.05) is 11.1 Å². The van der Waals surface area contributed by atoms with E-state index >= 15 is 0 Å². The normalized spacial score (nSPS) is 15.5. The molecule has 0 unspecified atom stereocenters. The third-order valence-corrected chi connectivity index (χ3v) is 6.70. The van der Waals surface area contributed by atoms with Crippen LogP contribution in [0.25, 0.3) is 16.7 Å². The van der Waals surface area contributed by atoms with Gasteiger partial charge in [0.15, 0.2) is 15.9 Å². The smallest absolute Gasteiger partial charge is 0.265 e. The highest BCUT2D eigenvalue weighted by Gasteiger charge is 2.29. The Morgan fingerprint density at radius 2 is 2.10 bits per heavy atom. The summed E-state index contributed by atoms with van der Waals surface area (Å²) in [7, 11) is 0.